The first-order valence-electron chi connectivity index (χ1n) is 12.4. The fourth-order valence-electron chi connectivity index (χ4n) is 4.72. The van der Waals surface area contributed by atoms with Crippen molar-refractivity contribution >= 4 is 40.6 Å². The van der Waals surface area contributed by atoms with E-state index in [1.165, 1.54) is 32.4 Å². The number of anilines is 2. The minimum Gasteiger partial charge on any atom is -0.493 e. The van der Waals surface area contributed by atoms with Crippen LogP contribution in [0, 0.1) is 5.82 Å². The average molecular weight is 556 g/mol. The molecule has 0 saturated heterocycles. The maximum Gasteiger partial charge on any atom is 0.273 e. The van der Waals surface area contributed by atoms with Crippen LogP contribution in [0.3, 0.4) is 0 Å². The number of primary amides is 1. The van der Waals surface area contributed by atoms with Gasteiger partial charge >= 0.3 is 0 Å². The molecule has 206 valence electrons. The minimum absolute atomic E-state index is 0.0757. The van der Waals surface area contributed by atoms with Crippen molar-refractivity contribution in [3.05, 3.63) is 64.4 Å². The third-order valence-electron chi connectivity index (χ3n) is 6.64. The molecule has 1 aliphatic carbocycles. The smallest absolute Gasteiger partial charge is 0.273 e. The molecule has 1 saturated carbocycles. The fraction of sp³-hybridized carbons (Fsp3) is 0.333. The van der Waals surface area contributed by atoms with Crippen molar-refractivity contribution < 1.29 is 28.2 Å². The van der Waals surface area contributed by atoms with Crippen LogP contribution in [0.15, 0.2) is 42.5 Å². The number of nitrogens with zero attached hydrogens (tertiary/aromatic N) is 2. The van der Waals surface area contributed by atoms with Crippen molar-refractivity contribution in [1.29, 1.82) is 0 Å². The zero-order valence-electron chi connectivity index (χ0n) is 21.6. The molecule has 0 bridgehead atoms. The Balaban J connectivity index is 1.89. The molecule has 1 heterocycles. The van der Waals surface area contributed by atoms with Gasteiger partial charge in [-0.1, -0.05) is 31.4 Å². The molecule has 12 heteroatoms. The highest BCUT2D eigenvalue weighted by molar-refractivity contribution is 7.09. The maximum atomic E-state index is 14.5. The van der Waals surface area contributed by atoms with Crippen molar-refractivity contribution in [2.24, 2.45) is 5.73 Å². The summed E-state index contributed by atoms with van der Waals surface area (Å²) in [5.41, 5.74) is 11.5. The zero-order chi connectivity index (χ0) is 28.1. The molecule has 1 aromatic heterocycles. The first kappa shape index (κ1) is 27.8. The van der Waals surface area contributed by atoms with Crippen molar-refractivity contribution in [1.82, 2.24) is 9.69 Å². The quantitative estimate of drug-likeness (QED) is 0.363. The van der Waals surface area contributed by atoms with E-state index in [9.17, 15) is 18.8 Å². The van der Waals surface area contributed by atoms with Crippen LogP contribution in [0.1, 0.15) is 63.9 Å². The van der Waals surface area contributed by atoms with Gasteiger partial charge in [-0.15, -0.1) is 0 Å². The van der Waals surface area contributed by atoms with Crippen LogP contribution in [-0.4, -0.2) is 42.4 Å². The van der Waals surface area contributed by atoms with Crippen LogP contribution in [-0.2, 0) is 4.79 Å². The van der Waals surface area contributed by atoms with Gasteiger partial charge in [0.1, 0.15) is 16.7 Å². The summed E-state index contributed by atoms with van der Waals surface area (Å²) in [7, 11) is 2.94. The molecule has 5 N–H and O–H groups in total. The molecule has 3 amide bonds. The molecule has 3 aromatic rings. The number of rotatable bonds is 9. The van der Waals surface area contributed by atoms with Gasteiger partial charge in [-0.05, 0) is 60.3 Å². The molecule has 1 aliphatic rings. The van der Waals surface area contributed by atoms with E-state index in [1.807, 2.05) is 0 Å². The van der Waals surface area contributed by atoms with Crippen LogP contribution in [0.25, 0.3) is 0 Å². The van der Waals surface area contributed by atoms with E-state index in [4.69, 9.17) is 20.9 Å². The predicted molar refractivity (Wildman–Crippen MR) is 146 cm³/mol. The normalized spacial score (nSPS) is 14.3. The predicted octanol–water partition coefficient (Wildman–Crippen LogP) is 3.82. The van der Waals surface area contributed by atoms with Crippen molar-refractivity contribution in [2.45, 2.75) is 44.2 Å². The van der Waals surface area contributed by atoms with Crippen molar-refractivity contribution in [3.8, 4) is 11.5 Å². The topological polar surface area (TPSA) is 150 Å². The summed E-state index contributed by atoms with van der Waals surface area (Å²) in [6.45, 7) is 0. The molecule has 1 atom stereocenters. The van der Waals surface area contributed by atoms with E-state index >= 15 is 0 Å². The SMILES string of the molecule is COc1ccc([C@H](C(=O)NC2CCCCC2)N(C(=O)c2snc(C(N)=O)c2N)c2cccc(F)c2)cc1OC. The highest BCUT2D eigenvalue weighted by atomic mass is 32.1. The lowest BCUT2D eigenvalue weighted by molar-refractivity contribution is -0.123. The lowest BCUT2D eigenvalue weighted by atomic mass is 9.94. The van der Waals surface area contributed by atoms with Gasteiger partial charge in [0.15, 0.2) is 17.2 Å². The maximum absolute atomic E-state index is 14.5. The summed E-state index contributed by atoms with van der Waals surface area (Å²) in [6.07, 6.45) is 4.66. The molecule has 1 fully saturated rings. The molecular weight excluding hydrogens is 525 g/mol. The number of nitrogens with one attached hydrogen (secondary N) is 1. The summed E-state index contributed by atoms with van der Waals surface area (Å²) in [6, 6.07) is 8.82. The lowest BCUT2D eigenvalue weighted by Gasteiger charge is -2.33. The number of nitrogens with two attached hydrogens (primary N) is 2. The van der Waals surface area contributed by atoms with Gasteiger partial charge in [0, 0.05) is 11.7 Å². The average Bonchev–Trinajstić information content (AvgIpc) is 3.32. The summed E-state index contributed by atoms with van der Waals surface area (Å²) in [5, 5.41) is 3.08. The second-order valence-electron chi connectivity index (χ2n) is 9.15. The number of halogens is 1. The number of carbonyl (C=O) groups excluding carboxylic acids is 3. The van der Waals surface area contributed by atoms with Crippen LogP contribution >= 0.6 is 11.5 Å². The summed E-state index contributed by atoms with van der Waals surface area (Å²) < 4.78 is 29.2. The molecule has 10 nitrogen and oxygen atoms in total. The first-order valence-corrected chi connectivity index (χ1v) is 13.2. The monoisotopic (exact) mass is 555 g/mol. The first-order chi connectivity index (χ1) is 18.7. The Bertz CT molecular complexity index is 1370. The number of carbonyl (C=O) groups is 3. The number of ether oxygens (including phenoxy) is 2. The third kappa shape index (κ3) is 5.95. The Morgan fingerprint density at radius 3 is 2.41 bits per heavy atom. The van der Waals surface area contributed by atoms with Crippen molar-refractivity contribution in [3.63, 3.8) is 0 Å². The molecule has 0 unspecified atom stereocenters. The lowest BCUT2D eigenvalue weighted by Crippen LogP contribution is -2.47. The number of methoxy groups -OCH3 is 2. The number of hydrogen-bond donors (Lipinski definition) is 3. The number of nitrogen functional groups attached to an aromatic ring is 1. The molecule has 0 radical (unpaired) electrons. The van der Waals surface area contributed by atoms with E-state index in [0.29, 0.717) is 28.6 Å². The Kier molecular flexibility index (Phi) is 8.65. The van der Waals surface area contributed by atoms with Crippen LogP contribution in [0.5, 0.6) is 11.5 Å². The Hall–Kier alpha value is -4.19. The number of aromatic nitrogens is 1. The van der Waals surface area contributed by atoms with Gasteiger partial charge in [-0.25, -0.2) is 4.39 Å². The van der Waals surface area contributed by atoms with E-state index < -0.39 is 29.6 Å². The molecule has 4 rings (SSSR count). The summed E-state index contributed by atoms with van der Waals surface area (Å²) in [5.74, 6) is -1.96. The minimum atomic E-state index is -1.26. The third-order valence-corrected chi connectivity index (χ3v) is 7.49. The van der Waals surface area contributed by atoms with Crippen LogP contribution in [0.4, 0.5) is 15.8 Å². The van der Waals surface area contributed by atoms with E-state index in [0.717, 1.165) is 43.1 Å². The molecule has 0 aliphatic heterocycles. The number of amides is 3. The standard InChI is InChI=1S/C27H30FN5O5S/c1-37-19-12-11-15(13-20(19)38-2)23(26(35)31-17-8-4-3-5-9-17)33(18-10-6-7-16(28)14-18)27(36)24-21(29)22(25(30)34)32-39-24/h6-7,10-14,17,23H,3-5,8-9,29H2,1-2H3,(H2,30,34)(H,31,35)/t23-/m1/s1. The van der Waals surface area contributed by atoms with Crippen molar-refractivity contribution in [2.75, 3.05) is 24.9 Å². The fourth-order valence-corrected chi connectivity index (χ4v) is 5.46. The van der Waals surface area contributed by atoms with Gasteiger partial charge in [0.25, 0.3) is 11.8 Å². The van der Waals surface area contributed by atoms with Crippen LogP contribution < -0.4 is 31.2 Å². The Morgan fingerprint density at radius 2 is 1.79 bits per heavy atom. The largest absolute Gasteiger partial charge is 0.493 e. The van der Waals surface area contributed by atoms with E-state index in [-0.39, 0.29) is 28.0 Å². The number of hydrogen-bond acceptors (Lipinski definition) is 8. The van der Waals surface area contributed by atoms with Gasteiger partial charge < -0.3 is 26.3 Å². The zero-order valence-corrected chi connectivity index (χ0v) is 22.4. The Morgan fingerprint density at radius 1 is 1.08 bits per heavy atom. The van der Waals surface area contributed by atoms with Gasteiger partial charge in [0.2, 0.25) is 5.91 Å². The molecule has 39 heavy (non-hydrogen) atoms. The second-order valence-corrected chi connectivity index (χ2v) is 9.93. The molecular formula is C27H30FN5O5S. The van der Waals surface area contributed by atoms with Gasteiger partial charge in [-0.3, -0.25) is 19.3 Å². The van der Waals surface area contributed by atoms with E-state index in [1.54, 1.807) is 18.2 Å². The van der Waals surface area contributed by atoms with Crippen LogP contribution in [0.2, 0.25) is 0 Å². The van der Waals surface area contributed by atoms with E-state index in [2.05, 4.69) is 9.69 Å². The number of benzene rings is 2. The van der Waals surface area contributed by atoms with Gasteiger partial charge in [-0.2, -0.15) is 4.37 Å². The highest BCUT2D eigenvalue weighted by Crippen LogP contribution is 2.37. The highest BCUT2D eigenvalue weighted by Gasteiger charge is 2.37. The molecule has 0 spiro atoms. The van der Waals surface area contributed by atoms with Gasteiger partial charge in [0.05, 0.1) is 19.9 Å². The Labute approximate surface area is 229 Å². The second kappa shape index (κ2) is 12.1. The molecule has 2 aromatic carbocycles. The summed E-state index contributed by atoms with van der Waals surface area (Å²) >= 11 is 0.676. The summed E-state index contributed by atoms with van der Waals surface area (Å²) in [4.78, 5) is 40.9.